The number of rotatable bonds is 11. The van der Waals surface area contributed by atoms with Gasteiger partial charge in [0.2, 0.25) is 11.8 Å². The van der Waals surface area contributed by atoms with Gasteiger partial charge in [-0.2, -0.15) is 0 Å². The van der Waals surface area contributed by atoms with E-state index in [1.165, 1.54) is 17.0 Å². The van der Waals surface area contributed by atoms with E-state index in [0.29, 0.717) is 21.3 Å². The first-order chi connectivity index (χ1) is 20.9. The van der Waals surface area contributed by atoms with Gasteiger partial charge in [-0.15, -0.1) is 0 Å². The Morgan fingerprint density at radius 1 is 0.773 bits per heavy atom. The quantitative estimate of drug-likeness (QED) is 0.194. The zero-order chi connectivity index (χ0) is 31.9. The van der Waals surface area contributed by atoms with Crippen LogP contribution in [0, 0.1) is 0 Å². The predicted molar refractivity (Wildman–Crippen MR) is 176 cm³/mol. The molecule has 0 heterocycles. The van der Waals surface area contributed by atoms with Crippen molar-refractivity contribution >= 4 is 50.7 Å². The van der Waals surface area contributed by atoms with Gasteiger partial charge in [-0.05, 0) is 62.7 Å². The predicted octanol–water partition coefficient (Wildman–Crippen LogP) is 6.74. The molecule has 0 aliphatic carbocycles. The van der Waals surface area contributed by atoms with E-state index in [4.69, 9.17) is 23.2 Å². The zero-order valence-corrected chi connectivity index (χ0v) is 27.1. The molecule has 44 heavy (non-hydrogen) atoms. The average molecular weight is 653 g/mol. The molecule has 0 fully saturated rings. The Morgan fingerprint density at radius 2 is 1.30 bits per heavy atom. The molecule has 7 nitrogen and oxygen atoms in total. The van der Waals surface area contributed by atoms with E-state index in [-0.39, 0.29) is 17.9 Å². The summed E-state index contributed by atoms with van der Waals surface area (Å²) in [7, 11) is -4.17. The molecule has 0 saturated heterocycles. The minimum Gasteiger partial charge on any atom is -0.350 e. The van der Waals surface area contributed by atoms with Crippen LogP contribution >= 0.6 is 23.2 Å². The van der Waals surface area contributed by atoms with Crippen molar-refractivity contribution in [1.82, 2.24) is 10.2 Å². The molecular weight excluding hydrogens is 617 g/mol. The number of carbonyl (C=O) groups excluding carboxylic acids is 2. The van der Waals surface area contributed by atoms with E-state index in [1.54, 1.807) is 66.7 Å². The third-order valence-electron chi connectivity index (χ3n) is 6.81. The first kappa shape index (κ1) is 33.1. The van der Waals surface area contributed by atoms with E-state index in [2.05, 4.69) is 5.32 Å². The van der Waals surface area contributed by atoms with Crippen LogP contribution in [0.5, 0.6) is 0 Å². The van der Waals surface area contributed by atoms with Crippen LogP contribution in [0.25, 0.3) is 0 Å². The lowest BCUT2D eigenvalue weighted by molar-refractivity contribution is -0.140. The Morgan fingerprint density at radius 3 is 1.84 bits per heavy atom. The molecule has 0 bridgehead atoms. The number of anilines is 1. The van der Waals surface area contributed by atoms with Crippen molar-refractivity contribution in [3.05, 3.63) is 130 Å². The molecule has 1 atom stereocenters. The fourth-order valence-electron chi connectivity index (χ4n) is 4.70. The van der Waals surface area contributed by atoms with Crippen LogP contribution in [0.1, 0.15) is 31.9 Å². The fraction of sp³-hybridized carbons (Fsp3) is 0.235. The molecule has 0 saturated carbocycles. The first-order valence-electron chi connectivity index (χ1n) is 14.1. The monoisotopic (exact) mass is 651 g/mol. The molecule has 2 amide bonds. The first-order valence-corrected chi connectivity index (χ1v) is 16.3. The normalized spacial score (nSPS) is 12.3. The van der Waals surface area contributed by atoms with Gasteiger partial charge in [-0.25, -0.2) is 8.42 Å². The highest BCUT2D eigenvalue weighted by Crippen LogP contribution is 2.29. The topological polar surface area (TPSA) is 86.8 Å². The van der Waals surface area contributed by atoms with Crippen LogP contribution in [0.15, 0.2) is 114 Å². The smallest absolute Gasteiger partial charge is 0.264 e. The molecule has 0 aliphatic heterocycles. The van der Waals surface area contributed by atoms with Gasteiger partial charge >= 0.3 is 0 Å². The molecule has 1 N–H and O–H groups in total. The van der Waals surface area contributed by atoms with E-state index in [9.17, 15) is 18.0 Å². The second-order valence-electron chi connectivity index (χ2n) is 11.3. The number of halogens is 2. The highest BCUT2D eigenvalue weighted by atomic mass is 35.5. The highest BCUT2D eigenvalue weighted by Gasteiger charge is 2.36. The van der Waals surface area contributed by atoms with Gasteiger partial charge in [0.25, 0.3) is 10.0 Å². The standard InChI is InChI=1S/C34H35Cl2N3O4S/c1-34(2,3)37-33(41)31(22-25-14-7-4-8-15-25)38(23-28-29(35)20-13-21-30(28)36)32(40)24-39(26-16-9-5-10-17-26)44(42,43)27-18-11-6-12-19-27/h4-21,31H,22-24H2,1-3H3,(H,37,41). The summed E-state index contributed by atoms with van der Waals surface area (Å²) in [6.07, 6.45) is 0.174. The van der Waals surface area contributed by atoms with Gasteiger partial charge in [0.15, 0.2) is 0 Å². The maximum absolute atomic E-state index is 14.5. The largest absolute Gasteiger partial charge is 0.350 e. The van der Waals surface area contributed by atoms with Crippen molar-refractivity contribution in [2.24, 2.45) is 0 Å². The van der Waals surface area contributed by atoms with Crippen LogP contribution in [0.2, 0.25) is 10.0 Å². The van der Waals surface area contributed by atoms with Crippen LogP contribution in [-0.4, -0.2) is 43.3 Å². The van der Waals surface area contributed by atoms with E-state index < -0.39 is 40.0 Å². The maximum Gasteiger partial charge on any atom is 0.264 e. The lowest BCUT2D eigenvalue weighted by atomic mass is 10.0. The Bertz CT molecular complexity index is 1660. The number of hydrogen-bond donors (Lipinski definition) is 1. The Kier molecular flexibility index (Phi) is 10.7. The molecule has 0 spiro atoms. The zero-order valence-electron chi connectivity index (χ0n) is 24.8. The van der Waals surface area contributed by atoms with Crippen LogP contribution < -0.4 is 9.62 Å². The third-order valence-corrected chi connectivity index (χ3v) is 9.31. The van der Waals surface area contributed by atoms with E-state index in [0.717, 1.165) is 9.87 Å². The molecule has 0 aromatic heterocycles. The molecular formula is C34H35Cl2N3O4S. The number of para-hydroxylation sites is 1. The molecule has 4 aromatic rings. The third kappa shape index (κ3) is 8.40. The SMILES string of the molecule is CC(C)(C)NC(=O)C(Cc1ccccc1)N(Cc1c(Cl)cccc1Cl)C(=O)CN(c1ccccc1)S(=O)(=O)c1ccccc1. The number of sulfonamides is 1. The van der Waals surface area contributed by atoms with E-state index in [1.807, 2.05) is 51.1 Å². The lowest BCUT2D eigenvalue weighted by Gasteiger charge is -2.35. The summed E-state index contributed by atoms with van der Waals surface area (Å²) in [5.41, 5.74) is 0.971. The molecule has 4 aromatic carbocycles. The van der Waals surface area contributed by atoms with Crippen molar-refractivity contribution in [3.8, 4) is 0 Å². The number of carbonyl (C=O) groups is 2. The summed E-state index contributed by atoms with van der Waals surface area (Å²) in [5, 5.41) is 3.64. The number of hydrogen-bond acceptors (Lipinski definition) is 4. The molecule has 230 valence electrons. The van der Waals surface area contributed by atoms with Gasteiger partial charge in [-0.3, -0.25) is 13.9 Å². The Hall–Kier alpha value is -3.85. The van der Waals surface area contributed by atoms with Crippen molar-refractivity contribution in [2.45, 2.75) is 50.2 Å². The van der Waals surface area contributed by atoms with Gasteiger partial charge in [-0.1, -0.05) is 96.0 Å². The summed E-state index contributed by atoms with van der Waals surface area (Å²) < 4.78 is 29.0. The molecule has 1 unspecified atom stereocenters. The lowest BCUT2D eigenvalue weighted by Crippen LogP contribution is -2.56. The average Bonchev–Trinajstić information content (AvgIpc) is 2.99. The second-order valence-corrected chi connectivity index (χ2v) is 14.0. The second kappa shape index (κ2) is 14.3. The number of nitrogens with one attached hydrogen (secondary N) is 1. The van der Waals surface area contributed by atoms with Gasteiger partial charge in [0.1, 0.15) is 12.6 Å². The van der Waals surface area contributed by atoms with Crippen molar-refractivity contribution in [1.29, 1.82) is 0 Å². The van der Waals surface area contributed by atoms with Gasteiger partial charge in [0, 0.05) is 34.1 Å². The summed E-state index contributed by atoms with van der Waals surface area (Å²) in [6.45, 7) is 4.86. The minimum absolute atomic E-state index is 0.0312. The van der Waals surface area contributed by atoms with Gasteiger partial charge in [0.05, 0.1) is 10.6 Å². The van der Waals surface area contributed by atoms with Crippen LogP contribution in [-0.2, 0) is 32.6 Å². The molecule has 4 rings (SSSR count). The highest BCUT2D eigenvalue weighted by molar-refractivity contribution is 7.92. The van der Waals surface area contributed by atoms with Crippen LogP contribution in [0.4, 0.5) is 5.69 Å². The molecule has 0 radical (unpaired) electrons. The van der Waals surface area contributed by atoms with Gasteiger partial charge < -0.3 is 10.2 Å². The molecule has 0 aliphatic rings. The number of nitrogens with zero attached hydrogens (tertiary/aromatic N) is 2. The summed E-state index contributed by atoms with van der Waals surface area (Å²) in [6, 6.07) is 29.6. The summed E-state index contributed by atoms with van der Waals surface area (Å²) in [4.78, 5) is 29.8. The summed E-state index contributed by atoms with van der Waals surface area (Å²) >= 11 is 13.1. The Balaban J connectivity index is 1.83. The maximum atomic E-state index is 14.5. The minimum atomic E-state index is -4.17. The fourth-order valence-corrected chi connectivity index (χ4v) is 6.66. The summed E-state index contributed by atoms with van der Waals surface area (Å²) in [5.74, 6) is -0.996. The molecule has 10 heteroatoms. The van der Waals surface area contributed by atoms with E-state index >= 15 is 0 Å². The number of amides is 2. The Labute approximate surface area is 269 Å². The van der Waals surface area contributed by atoms with Crippen LogP contribution in [0.3, 0.4) is 0 Å². The van der Waals surface area contributed by atoms with Crippen molar-refractivity contribution in [2.75, 3.05) is 10.8 Å². The van der Waals surface area contributed by atoms with Crippen molar-refractivity contribution < 1.29 is 18.0 Å². The number of benzene rings is 4. The van der Waals surface area contributed by atoms with Crippen molar-refractivity contribution in [3.63, 3.8) is 0 Å².